The van der Waals surface area contributed by atoms with Crippen molar-refractivity contribution in [3.63, 3.8) is 0 Å². The highest BCUT2D eigenvalue weighted by Crippen LogP contribution is 2.53. The summed E-state index contributed by atoms with van der Waals surface area (Å²) < 4.78 is 5.27. The lowest BCUT2D eigenvalue weighted by Gasteiger charge is -2.09. The molecular formula is C23H23N2+. The van der Waals surface area contributed by atoms with E-state index in [1.165, 1.54) is 52.1 Å². The monoisotopic (exact) mass is 327 g/mol. The molecule has 6 rings (SSSR count). The average molecular weight is 327 g/mol. The van der Waals surface area contributed by atoms with Crippen LogP contribution in [0.1, 0.15) is 55.0 Å². The highest BCUT2D eigenvalue weighted by molar-refractivity contribution is 6.12. The number of pyridine rings is 1. The summed E-state index contributed by atoms with van der Waals surface area (Å²) in [5.74, 6) is 1.53. The van der Waals surface area contributed by atoms with Crippen molar-refractivity contribution in [1.29, 1.82) is 0 Å². The maximum absolute atomic E-state index is 2.64. The fraction of sp³-hybridized carbons (Fsp3) is 0.348. The number of imidazole rings is 1. The number of aromatic nitrogens is 2. The van der Waals surface area contributed by atoms with E-state index in [0.717, 1.165) is 18.4 Å². The van der Waals surface area contributed by atoms with E-state index in [2.05, 4.69) is 65.3 Å². The topological polar surface area (TPSA) is 8.29 Å². The number of hydrogen-bond acceptors (Lipinski definition) is 0. The molecule has 2 unspecified atom stereocenters. The van der Waals surface area contributed by atoms with Gasteiger partial charge in [-0.05, 0) is 44.7 Å². The number of rotatable bonds is 1. The minimum atomic E-state index is 0.755. The van der Waals surface area contributed by atoms with Crippen LogP contribution in [0.3, 0.4) is 0 Å². The molecule has 124 valence electrons. The third-order valence-corrected chi connectivity index (χ3v) is 6.72. The maximum atomic E-state index is 2.64. The minimum Gasteiger partial charge on any atom is -0.226 e. The van der Waals surface area contributed by atoms with Crippen LogP contribution in [0.5, 0.6) is 0 Å². The summed E-state index contributed by atoms with van der Waals surface area (Å²) >= 11 is 0. The standard InChI is InChI=1S/C23H23N2/c1-3-24-21-15-11-12-16(13-15)22(21)25-19-10-5-4-8-17(19)18-9-6-7-14(2)20(18)23(24)25/h4-10,15-16H,3,11-13H2,1-2H3/q+1. The predicted octanol–water partition coefficient (Wildman–Crippen LogP) is 5.23. The molecule has 25 heavy (non-hydrogen) atoms. The third-order valence-electron chi connectivity index (χ3n) is 6.72. The molecule has 2 aromatic carbocycles. The second kappa shape index (κ2) is 4.63. The van der Waals surface area contributed by atoms with Gasteiger partial charge >= 0.3 is 0 Å². The van der Waals surface area contributed by atoms with Gasteiger partial charge in [-0.2, -0.15) is 4.40 Å². The van der Waals surface area contributed by atoms with Gasteiger partial charge in [0.05, 0.1) is 11.9 Å². The molecule has 0 radical (unpaired) electrons. The van der Waals surface area contributed by atoms with Crippen LogP contribution >= 0.6 is 0 Å². The molecule has 2 aliphatic rings. The molecular weight excluding hydrogens is 304 g/mol. The Kier molecular flexibility index (Phi) is 2.57. The lowest BCUT2D eigenvalue weighted by molar-refractivity contribution is -0.675. The molecule has 1 fully saturated rings. The van der Waals surface area contributed by atoms with Crippen molar-refractivity contribution >= 4 is 27.3 Å². The Morgan fingerprint density at radius 3 is 2.68 bits per heavy atom. The molecule has 2 atom stereocenters. The molecule has 2 heteroatoms. The van der Waals surface area contributed by atoms with E-state index in [0.29, 0.717) is 0 Å². The SMILES string of the molecule is CC[n+]1c2c(n3c4ccccc4c4cccc(C)c4c31)C1CCC2C1. The number of para-hydroxylation sites is 1. The Labute approximate surface area is 147 Å². The van der Waals surface area contributed by atoms with Crippen LogP contribution in [0.15, 0.2) is 42.5 Å². The van der Waals surface area contributed by atoms with E-state index in [-0.39, 0.29) is 0 Å². The quantitative estimate of drug-likeness (QED) is 0.334. The fourth-order valence-corrected chi connectivity index (χ4v) is 5.80. The smallest absolute Gasteiger partial charge is 0.226 e. The second-order valence-electron chi connectivity index (χ2n) is 7.90. The zero-order chi connectivity index (χ0) is 16.7. The number of fused-ring (bicyclic) bond motifs is 12. The first-order valence-electron chi connectivity index (χ1n) is 9.67. The molecule has 0 amide bonds. The first-order chi connectivity index (χ1) is 12.3. The van der Waals surface area contributed by atoms with Crippen LogP contribution < -0.4 is 4.57 Å². The van der Waals surface area contributed by atoms with E-state index in [1.807, 2.05) is 0 Å². The van der Waals surface area contributed by atoms with Crippen molar-refractivity contribution in [3.8, 4) is 0 Å². The Morgan fingerprint density at radius 2 is 1.80 bits per heavy atom. The molecule has 2 aromatic heterocycles. The van der Waals surface area contributed by atoms with Crippen LogP contribution in [0, 0.1) is 6.92 Å². The van der Waals surface area contributed by atoms with Gasteiger partial charge in [0.2, 0.25) is 0 Å². The van der Waals surface area contributed by atoms with Gasteiger partial charge < -0.3 is 0 Å². The largest absolute Gasteiger partial charge is 0.295 e. The van der Waals surface area contributed by atoms with E-state index >= 15 is 0 Å². The number of benzene rings is 2. The molecule has 0 aliphatic heterocycles. The Morgan fingerprint density at radius 1 is 1.00 bits per heavy atom. The van der Waals surface area contributed by atoms with Crippen molar-refractivity contribution in [2.75, 3.05) is 0 Å². The zero-order valence-corrected chi connectivity index (χ0v) is 14.9. The summed E-state index contributed by atoms with van der Waals surface area (Å²) in [4.78, 5) is 0. The molecule has 4 aromatic rings. The fourth-order valence-electron chi connectivity index (χ4n) is 5.80. The van der Waals surface area contributed by atoms with E-state index in [1.54, 1.807) is 11.4 Å². The van der Waals surface area contributed by atoms with E-state index in [9.17, 15) is 0 Å². The number of aryl methyl sites for hydroxylation is 2. The van der Waals surface area contributed by atoms with Gasteiger partial charge in [-0.1, -0.05) is 36.4 Å². The lowest BCUT2D eigenvalue weighted by Crippen LogP contribution is -2.37. The van der Waals surface area contributed by atoms with Gasteiger partial charge in [0, 0.05) is 22.6 Å². The molecule has 2 aliphatic carbocycles. The van der Waals surface area contributed by atoms with Crippen LogP contribution in [0.25, 0.3) is 27.3 Å². The van der Waals surface area contributed by atoms with Crippen LogP contribution in [-0.4, -0.2) is 4.40 Å². The van der Waals surface area contributed by atoms with Gasteiger partial charge in [0.15, 0.2) is 5.69 Å². The zero-order valence-electron chi connectivity index (χ0n) is 14.9. The van der Waals surface area contributed by atoms with Crippen LogP contribution in [0.4, 0.5) is 0 Å². The Balaban J connectivity index is 1.99. The summed E-state index contributed by atoms with van der Waals surface area (Å²) in [7, 11) is 0. The highest BCUT2D eigenvalue weighted by atomic mass is 15.2. The third kappa shape index (κ3) is 1.54. The highest BCUT2D eigenvalue weighted by Gasteiger charge is 2.48. The van der Waals surface area contributed by atoms with Crippen LogP contribution in [0.2, 0.25) is 0 Å². The van der Waals surface area contributed by atoms with Crippen molar-refractivity contribution in [2.24, 2.45) is 0 Å². The molecule has 1 saturated carbocycles. The van der Waals surface area contributed by atoms with Crippen LogP contribution in [-0.2, 0) is 6.54 Å². The van der Waals surface area contributed by atoms with Gasteiger partial charge in [-0.3, -0.25) is 0 Å². The van der Waals surface area contributed by atoms with Crippen molar-refractivity contribution < 1.29 is 4.57 Å². The van der Waals surface area contributed by atoms with Crippen molar-refractivity contribution in [1.82, 2.24) is 4.40 Å². The summed E-state index contributed by atoms with van der Waals surface area (Å²) in [5, 5.41) is 4.23. The van der Waals surface area contributed by atoms with Gasteiger partial charge in [0.25, 0.3) is 5.65 Å². The number of hydrogen-bond donors (Lipinski definition) is 0. The molecule has 2 nitrogen and oxygen atoms in total. The maximum Gasteiger partial charge on any atom is 0.295 e. The van der Waals surface area contributed by atoms with Gasteiger partial charge in [-0.25, -0.2) is 4.57 Å². The summed E-state index contributed by atoms with van der Waals surface area (Å²) in [5.41, 5.74) is 7.45. The first kappa shape index (κ1) is 13.9. The van der Waals surface area contributed by atoms with Crippen molar-refractivity contribution in [3.05, 3.63) is 59.4 Å². The minimum absolute atomic E-state index is 0.755. The molecule has 2 heterocycles. The van der Waals surface area contributed by atoms with Crippen molar-refractivity contribution in [2.45, 2.75) is 51.5 Å². The summed E-state index contributed by atoms with van der Waals surface area (Å²) in [6.45, 7) is 5.64. The van der Waals surface area contributed by atoms with Gasteiger partial charge in [0.1, 0.15) is 11.2 Å². The molecule has 0 saturated heterocycles. The average Bonchev–Trinajstić information content (AvgIpc) is 3.33. The molecule has 0 spiro atoms. The Hall–Kier alpha value is -2.35. The second-order valence-corrected chi connectivity index (χ2v) is 7.90. The number of nitrogens with zero attached hydrogens (tertiary/aromatic N) is 2. The predicted molar refractivity (Wildman–Crippen MR) is 102 cm³/mol. The van der Waals surface area contributed by atoms with E-state index in [4.69, 9.17) is 0 Å². The summed E-state index contributed by atoms with van der Waals surface area (Å²) in [6.07, 6.45) is 4.12. The normalized spacial score (nSPS) is 21.7. The molecule has 2 bridgehead atoms. The Bertz CT molecular complexity index is 1180. The summed E-state index contributed by atoms with van der Waals surface area (Å²) in [6, 6.07) is 15.8. The van der Waals surface area contributed by atoms with Gasteiger partial charge in [-0.15, -0.1) is 0 Å². The molecule has 0 N–H and O–H groups in total. The van der Waals surface area contributed by atoms with E-state index < -0.39 is 0 Å². The first-order valence-corrected chi connectivity index (χ1v) is 9.67. The lowest BCUT2D eigenvalue weighted by atomic mass is 10.00.